The molecule has 3 N–H and O–H groups in total. The van der Waals surface area contributed by atoms with Gasteiger partial charge in [0.15, 0.2) is 0 Å². The minimum atomic E-state index is -3.57. The van der Waals surface area contributed by atoms with E-state index in [1.54, 1.807) is 6.07 Å². The van der Waals surface area contributed by atoms with E-state index < -0.39 is 10.2 Å². The highest BCUT2D eigenvalue weighted by Gasteiger charge is 2.30. The van der Waals surface area contributed by atoms with E-state index >= 15 is 0 Å². The normalized spacial score (nSPS) is 20.9. The molecule has 0 bridgehead atoms. The molecule has 1 saturated heterocycles. The van der Waals surface area contributed by atoms with Crippen molar-refractivity contribution in [1.29, 1.82) is 0 Å². The number of halogens is 1. The summed E-state index contributed by atoms with van der Waals surface area (Å²) in [7, 11) is -3.57. The van der Waals surface area contributed by atoms with Crippen molar-refractivity contribution >= 4 is 37.5 Å². The van der Waals surface area contributed by atoms with Gasteiger partial charge < -0.3 is 5.73 Å². The second-order valence-corrected chi connectivity index (χ2v) is 7.75. The number of rotatable bonds is 3. The highest BCUT2D eigenvalue weighted by atomic mass is 79.9. The molecule has 1 aliphatic heterocycles. The first-order chi connectivity index (χ1) is 9.31. The van der Waals surface area contributed by atoms with Gasteiger partial charge in [-0.15, -0.1) is 0 Å². The fourth-order valence-electron chi connectivity index (χ4n) is 2.49. The molecule has 1 aliphatic rings. The van der Waals surface area contributed by atoms with E-state index in [2.05, 4.69) is 20.7 Å². The lowest BCUT2D eigenvalue weighted by Gasteiger charge is -2.32. The lowest BCUT2D eigenvalue weighted by molar-refractivity contribution is 0.270. The Hall–Kier alpha value is -0.790. The van der Waals surface area contributed by atoms with Gasteiger partial charge in [0.05, 0.1) is 11.4 Å². The van der Waals surface area contributed by atoms with Gasteiger partial charge in [-0.2, -0.15) is 12.7 Å². The largest absolute Gasteiger partial charge is 0.397 e. The van der Waals surface area contributed by atoms with Crippen LogP contribution < -0.4 is 10.5 Å². The number of nitrogen functional groups attached to an aromatic ring is 1. The molecule has 0 spiro atoms. The Morgan fingerprint density at radius 2 is 2.10 bits per heavy atom. The third-order valence-corrected chi connectivity index (χ3v) is 5.79. The Morgan fingerprint density at radius 1 is 1.40 bits per heavy atom. The summed E-state index contributed by atoms with van der Waals surface area (Å²) in [5, 5.41) is 0. The van der Waals surface area contributed by atoms with Crippen LogP contribution in [0.2, 0.25) is 0 Å². The molecule has 0 saturated carbocycles. The first kappa shape index (κ1) is 15.6. The molecule has 1 heterocycles. The number of aryl methyl sites for hydroxylation is 1. The highest BCUT2D eigenvalue weighted by Crippen LogP contribution is 2.32. The maximum atomic E-state index is 12.5. The van der Waals surface area contributed by atoms with E-state index in [1.165, 1.54) is 4.31 Å². The van der Waals surface area contributed by atoms with Gasteiger partial charge >= 0.3 is 10.2 Å². The quantitative estimate of drug-likeness (QED) is 0.812. The lowest BCUT2D eigenvalue weighted by atomic mass is 10.1. The second kappa shape index (κ2) is 5.91. The number of nitrogens with one attached hydrogen (secondary N) is 1. The fraction of sp³-hybridized carbons (Fsp3) is 0.538. The molecule has 1 atom stereocenters. The average Bonchev–Trinajstić information content (AvgIpc) is 2.34. The summed E-state index contributed by atoms with van der Waals surface area (Å²) in [6.07, 6.45) is 2.87. The zero-order chi connectivity index (χ0) is 14.9. The number of benzene rings is 1. The van der Waals surface area contributed by atoms with E-state index in [9.17, 15) is 8.42 Å². The summed E-state index contributed by atoms with van der Waals surface area (Å²) < 4.78 is 29.8. The third-order valence-electron chi connectivity index (χ3n) is 3.55. The van der Waals surface area contributed by atoms with Crippen LogP contribution in [-0.2, 0) is 10.2 Å². The van der Waals surface area contributed by atoms with Gasteiger partial charge in [0.1, 0.15) is 0 Å². The van der Waals surface area contributed by atoms with E-state index in [0.717, 1.165) is 24.8 Å². The number of anilines is 2. The first-order valence-corrected chi connectivity index (χ1v) is 8.90. The number of nitrogens with zero attached hydrogens (tertiary/aromatic N) is 1. The van der Waals surface area contributed by atoms with Crippen LogP contribution in [0.1, 0.15) is 31.7 Å². The number of hydrogen-bond donors (Lipinski definition) is 2. The van der Waals surface area contributed by atoms with Gasteiger partial charge in [-0.05, 0) is 60.3 Å². The molecule has 1 fully saturated rings. The minimum absolute atomic E-state index is 0.0201. The van der Waals surface area contributed by atoms with E-state index in [1.807, 2.05) is 19.9 Å². The maximum absolute atomic E-state index is 12.5. The molecule has 112 valence electrons. The maximum Gasteiger partial charge on any atom is 0.301 e. The minimum Gasteiger partial charge on any atom is -0.397 e. The SMILES string of the molecule is Cc1cc(N)c(NS(=O)(=O)N2CCCCC2C)c(Br)c1. The molecule has 1 aromatic rings. The van der Waals surface area contributed by atoms with Crippen molar-refractivity contribution < 1.29 is 8.42 Å². The fourth-order valence-corrected chi connectivity index (χ4v) is 4.87. The van der Waals surface area contributed by atoms with Gasteiger partial charge in [-0.25, -0.2) is 0 Å². The monoisotopic (exact) mass is 361 g/mol. The standard InChI is InChI=1S/C13H20BrN3O2S/c1-9-7-11(14)13(12(15)8-9)16-20(18,19)17-6-4-3-5-10(17)2/h7-8,10,16H,3-6,15H2,1-2H3. The summed E-state index contributed by atoms with van der Waals surface area (Å²) in [6, 6.07) is 3.61. The summed E-state index contributed by atoms with van der Waals surface area (Å²) >= 11 is 3.36. The van der Waals surface area contributed by atoms with Crippen LogP contribution in [0.5, 0.6) is 0 Å². The lowest BCUT2D eigenvalue weighted by Crippen LogP contribution is -2.44. The summed E-state index contributed by atoms with van der Waals surface area (Å²) in [5.41, 5.74) is 7.73. The molecule has 5 nitrogen and oxygen atoms in total. The van der Waals surface area contributed by atoms with Crippen LogP contribution >= 0.6 is 15.9 Å². The smallest absolute Gasteiger partial charge is 0.301 e. The first-order valence-electron chi connectivity index (χ1n) is 6.66. The van der Waals surface area contributed by atoms with E-state index in [0.29, 0.717) is 22.4 Å². The molecule has 0 aromatic heterocycles. The van der Waals surface area contributed by atoms with Crippen LogP contribution in [-0.4, -0.2) is 25.3 Å². The van der Waals surface area contributed by atoms with Crippen molar-refractivity contribution in [2.24, 2.45) is 0 Å². The summed E-state index contributed by atoms with van der Waals surface area (Å²) in [5.74, 6) is 0. The predicted octanol–water partition coefficient (Wildman–Crippen LogP) is 2.87. The highest BCUT2D eigenvalue weighted by molar-refractivity contribution is 9.10. The molecule has 20 heavy (non-hydrogen) atoms. The molecule has 7 heteroatoms. The molecule has 1 unspecified atom stereocenters. The van der Waals surface area contributed by atoms with Gasteiger partial charge in [0.2, 0.25) is 0 Å². The molecular formula is C13H20BrN3O2S. The van der Waals surface area contributed by atoms with Crippen LogP contribution in [0.4, 0.5) is 11.4 Å². The van der Waals surface area contributed by atoms with Crippen LogP contribution in [0.25, 0.3) is 0 Å². The van der Waals surface area contributed by atoms with Crippen molar-refractivity contribution in [3.05, 3.63) is 22.2 Å². The number of piperidine rings is 1. The summed E-state index contributed by atoms with van der Waals surface area (Å²) in [6.45, 7) is 4.40. The van der Waals surface area contributed by atoms with Gasteiger partial charge in [0.25, 0.3) is 0 Å². The molecule has 0 aliphatic carbocycles. The van der Waals surface area contributed by atoms with Gasteiger partial charge in [-0.1, -0.05) is 6.42 Å². The topological polar surface area (TPSA) is 75.4 Å². The Morgan fingerprint density at radius 3 is 2.70 bits per heavy atom. The average molecular weight is 362 g/mol. The van der Waals surface area contributed by atoms with Crippen molar-refractivity contribution in [3.8, 4) is 0 Å². The van der Waals surface area contributed by atoms with Crippen molar-refractivity contribution in [2.45, 2.75) is 39.2 Å². The Balaban J connectivity index is 2.29. The molecule has 0 amide bonds. The van der Waals surface area contributed by atoms with E-state index in [4.69, 9.17) is 5.73 Å². The van der Waals surface area contributed by atoms with Crippen LogP contribution in [0.3, 0.4) is 0 Å². The Bertz CT molecular complexity index is 581. The molecule has 2 rings (SSSR count). The van der Waals surface area contributed by atoms with Crippen molar-refractivity contribution in [1.82, 2.24) is 4.31 Å². The zero-order valence-corrected chi connectivity index (χ0v) is 14.1. The van der Waals surface area contributed by atoms with Crippen LogP contribution in [0, 0.1) is 6.92 Å². The Labute approximate surface area is 128 Å². The van der Waals surface area contributed by atoms with Crippen molar-refractivity contribution in [2.75, 3.05) is 17.0 Å². The second-order valence-electron chi connectivity index (χ2n) is 5.27. The van der Waals surface area contributed by atoms with Gasteiger partial charge in [-0.3, -0.25) is 4.72 Å². The Kier molecular flexibility index (Phi) is 4.61. The molecule has 1 aromatic carbocycles. The van der Waals surface area contributed by atoms with E-state index in [-0.39, 0.29) is 6.04 Å². The number of hydrogen-bond acceptors (Lipinski definition) is 3. The summed E-state index contributed by atoms with van der Waals surface area (Å²) in [4.78, 5) is 0. The van der Waals surface area contributed by atoms with Crippen molar-refractivity contribution in [3.63, 3.8) is 0 Å². The third kappa shape index (κ3) is 3.27. The molecule has 0 radical (unpaired) electrons. The predicted molar refractivity (Wildman–Crippen MR) is 85.9 cm³/mol. The number of nitrogens with two attached hydrogens (primary N) is 1. The zero-order valence-electron chi connectivity index (χ0n) is 11.7. The molecular weight excluding hydrogens is 342 g/mol. The van der Waals surface area contributed by atoms with Crippen LogP contribution in [0.15, 0.2) is 16.6 Å². The van der Waals surface area contributed by atoms with Gasteiger partial charge in [0, 0.05) is 17.1 Å².